The summed E-state index contributed by atoms with van der Waals surface area (Å²) in [7, 11) is 0. The molecule has 116 valence electrons. The topological polar surface area (TPSA) is 41.9 Å². The van der Waals surface area contributed by atoms with E-state index in [1.54, 1.807) is 0 Å². The predicted molar refractivity (Wildman–Crippen MR) is 81.3 cm³/mol. The molecule has 3 fully saturated rings. The molecule has 3 aliphatic heterocycles. The van der Waals surface area contributed by atoms with Crippen LogP contribution in [0.1, 0.15) is 32.6 Å². The maximum absolute atomic E-state index is 9.39. The molecule has 0 aliphatic carbocycles. The zero-order chi connectivity index (χ0) is 14.0. The highest BCUT2D eigenvalue weighted by Crippen LogP contribution is 2.39. The second-order valence-corrected chi connectivity index (χ2v) is 7.72. The van der Waals surface area contributed by atoms with Crippen LogP contribution < -0.4 is 0 Å². The molecule has 5 heteroatoms. The Kier molecular flexibility index (Phi) is 4.93. The van der Waals surface area contributed by atoms with Crippen LogP contribution in [0.4, 0.5) is 0 Å². The summed E-state index contributed by atoms with van der Waals surface area (Å²) in [4.78, 5) is 2.54. The predicted octanol–water partition coefficient (Wildman–Crippen LogP) is 1.51. The van der Waals surface area contributed by atoms with E-state index >= 15 is 0 Å². The van der Waals surface area contributed by atoms with Gasteiger partial charge in [0.05, 0.1) is 24.4 Å². The Labute approximate surface area is 126 Å². The van der Waals surface area contributed by atoms with Crippen molar-refractivity contribution >= 4 is 11.8 Å². The van der Waals surface area contributed by atoms with Gasteiger partial charge in [0.15, 0.2) is 0 Å². The summed E-state index contributed by atoms with van der Waals surface area (Å²) < 4.78 is 12.0. The lowest BCUT2D eigenvalue weighted by molar-refractivity contribution is -0.145. The highest BCUT2D eigenvalue weighted by atomic mass is 32.2. The molecular formula is C15H27NO3S. The second kappa shape index (κ2) is 6.53. The fourth-order valence-corrected chi connectivity index (χ4v) is 5.12. The standard InChI is InChI=1S/C15H27NO3S/c1-12-9-16(10-14(11-17)19-12)13-2-5-18-15(8-13)3-6-20-7-4-15/h12-14,17H,2-11H2,1H3. The van der Waals surface area contributed by atoms with Gasteiger partial charge in [-0.2, -0.15) is 11.8 Å². The second-order valence-electron chi connectivity index (χ2n) is 6.50. The third kappa shape index (κ3) is 3.33. The average Bonchev–Trinajstić information content (AvgIpc) is 2.47. The van der Waals surface area contributed by atoms with Crippen LogP contribution in [0.3, 0.4) is 0 Å². The average molecular weight is 301 g/mol. The molecule has 0 bridgehead atoms. The molecule has 3 aliphatic rings. The number of thioether (sulfide) groups is 1. The summed E-state index contributed by atoms with van der Waals surface area (Å²) in [6.07, 6.45) is 4.91. The summed E-state index contributed by atoms with van der Waals surface area (Å²) >= 11 is 2.06. The number of morpholine rings is 1. The lowest BCUT2D eigenvalue weighted by atomic mass is 9.84. The van der Waals surface area contributed by atoms with E-state index in [1.807, 2.05) is 0 Å². The van der Waals surface area contributed by atoms with E-state index in [-0.39, 0.29) is 24.4 Å². The van der Waals surface area contributed by atoms with Gasteiger partial charge in [0.25, 0.3) is 0 Å². The van der Waals surface area contributed by atoms with Crippen molar-refractivity contribution in [3.63, 3.8) is 0 Å². The van der Waals surface area contributed by atoms with Gasteiger partial charge in [0, 0.05) is 25.7 Å². The molecule has 3 saturated heterocycles. The van der Waals surface area contributed by atoms with Gasteiger partial charge in [0.1, 0.15) is 0 Å². The molecule has 3 unspecified atom stereocenters. The molecular weight excluding hydrogens is 274 g/mol. The minimum Gasteiger partial charge on any atom is -0.394 e. The zero-order valence-electron chi connectivity index (χ0n) is 12.4. The van der Waals surface area contributed by atoms with Crippen molar-refractivity contribution in [2.75, 3.05) is 37.8 Å². The van der Waals surface area contributed by atoms with Gasteiger partial charge in [-0.15, -0.1) is 0 Å². The zero-order valence-corrected chi connectivity index (χ0v) is 13.2. The summed E-state index contributed by atoms with van der Waals surface area (Å²) in [5.74, 6) is 2.48. The van der Waals surface area contributed by atoms with Crippen LogP contribution in [0.5, 0.6) is 0 Å². The van der Waals surface area contributed by atoms with Crippen LogP contribution >= 0.6 is 11.8 Å². The first-order valence-electron chi connectivity index (χ1n) is 7.93. The fourth-order valence-electron chi connectivity index (χ4n) is 3.89. The first-order valence-corrected chi connectivity index (χ1v) is 9.08. The molecule has 0 aromatic heterocycles. The van der Waals surface area contributed by atoms with Gasteiger partial charge in [-0.3, -0.25) is 4.90 Å². The number of ether oxygens (including phenoxy) is 2. The minimum absolute atomic E-state index is 0.0144. The van der Waals surface area contributed by atoms with Gasteiger partial charge in [-0.05, 0) is 44.1 Å². The number of rotatable bonds is 2. The molecule has 0 radical (unpaired) electrons. The van der Waals surface area contributed by atoms with Gasteiger partial charge in [-0.1, -0.05) is 0 Å². The highest BCUT2D eigenvalue weighted by Gasteiger charge is 2.41. The van der Waals surface area contributed by atoms with E-state index in [1.165, 1.54) is 30.8 Å². The van der Waals surface area contributed by atoms with E-state index < -0.39 is 0 Å². The van der Waals surface area contributed by atoms with Gasteiger partial charge < -0.3 is 14.6 Å². The molecule has 1 spiro atoms. The maximum Gasteiger partial charge on any atom is 0.0936 e. The molecule has 0 saturated carbocycles. The van der Waals surface area contributed by atoms with Crippen molar-refractivity contribution in [3.05, 3.63) is 0 Å². The van der Waals surface area contributed by atoms with Crippen molar-refractivity contribution in [2.24, 2.45) is 0 Å². The van der Waals surface area contributed by atoms with E-state index in [2.05, 4.69) is 23.6 Å². The monoisotopic (exact) mass is 301 g/mol. The number of hydrogen-bond donors (Lipinski definition) is 1. The lowest BCUT2D eigenvalue weighted by Crippen LogP contribution is -2.56. The van der Waals surface area contributed by atoms with Crippen LogP contribution in [-0.2, 0) is 9.47 Å². The van der Waals surface area contributed by atoms with E-state index in [0.717, 1.165) is 26.1 Å². The maximum atomic E-state index is 9.39. The molecule has 0 aromatic rings. The molecule has 1 N–H and O–H groups in total. The normalized spacial score (nSPS) is 39.0. The van der Waals surface area contributed by atoms with Gasteiger partial charge >= 0.3 is 0 Å². The third-order valence-electron chi connectivity index (χ3n) is 4.95. The Hall–Kier alpha value is 0.190. The molecule has 0 aromatic carbocycles. The summed E-state index contributed by atoms with van der Waals surface area (Å²) in [6, 6.07) is 0.604. The Morgan fingerprint density at radius 1 is 1.30 bits per heavy atom. The third-order valence-corrected chi connectivity index (χ3v) is 5.93. The largest absolute Gasteiger partial charge is 0.394 e. The van der Waals surface area contributed by atoms with Gasteiger partial charge in [0.2, 0.25) is 0 Å². The first-order chi connectivity index (χ1) is 9.71. The van der Waals surface area contributed by atoms with Crippen molar-refractivity contribution in [2.45, 2.75) is 56.5 Å². The van der Waals surface area contributed by atoms with Crippen LogP contribution in [-0.4, -0.2) is 71.7 Å². The number of aliphatic hydroxyl groups excluding tert-OH is 1. The highest BCUT2D eigenvalue weighted by molar-refractivity contribution is 7.99. The molecule has 20 heavy (non-hydrogen) atoms. The summed E-state index contributed by atoms with van der Waals surface area (Å²) in [6.45, 7) is 5.00. The minimum atomic E-state index is -0.0144. The Bertz CT molecular complexity index is 317. The van der Waals surface area contributed by atoms with Crippen LogP contribution in [0, 0.1) is 0 Å². The quantitative estimate of drug-likeness (QED) is 0.837. The molecule has 3 heterocycles. The van der Waals surface area contributed by atoms with Crippen LogP contribution in [0.2, 0.25) is 0 Å². The molecule has 3 rings (SSSR count). The van der Waals surface area contributed by atoms with E-state index in [9.17, 15) is 5.11 Å². The van der Waals surface area contributed by atoms with E-state index in [0.29, 0.717) is 6.04 Å². The Balaban J connectivity index is 1.63. The van der Waals surface area contributed by atoms with Crippen LogP contribution in [0.15, 0.2) is 0 Å². The van der Waals surface area contributed by atoms with Gasteiger partial charge in [-0.25, -0.2) is 0 Å². The van der Waals surface area contributed by atoms with Crippen molar-refractivity contribution in [3.8, 4) is 0 Å². The number of hydrogen-bond acceptors (Lipinski definition) is 5. The summed E-state index contributed by atoms with van der Waals surface area (Å²) in [5, 5.41) is 9.39. The Morgan fingerprint density at radius 3 is 2.85 bits per heavy atom. The molecule has 4 nitrogen and oxygen atoms in total. The number of aliphatic hydroxyl groups is 1. The molecule has 3 atom stereocenters. The SMILES string of the molecule is CC1CN(C2CCOC3(CCSCC3)C2)CC(CO)O1. The lowest BCUT2D eigenvalue weighted by Gasteiger charge is -2.48. The van der Waals surface area contributed by atoms with Crippen molar-refractivity contribution in [1.29, 1.82) is 0 Å². The van der Waals surface area contributed by atoms with Crippen LogP contribution in [0.25, 0.3) is 0 Å². The number of nitrogens with zero attached hydrogens (tertiary/aromatic N) is 1. The Morgan fingerprint density at radius 2 is 2.10 bits per heavy atom. The first kappa shape index (κ1) is 15.1. The van der Waals surface area contributed by atoms with Crippen molar-refractivity contribution in [1.82, 2.24) is 4.90 Å². The fraction of sp³-hybridized carbons (Fsp3) is 1.00. The van der Waals surface area contributed by atoms with Crippen molar-refractivity contribution < 1.29 is 14.6 Å². The molecule has 0 amide bonds. The van der Waals surface area contributed by atoms with E-state index in [4.69, 9.17) is 9.47 Å². The summed E-state index contributed by atoms with van der Waals surface area (Å²) in [5.41, 5.74) is 0.143. The smallest absolute Gasteiger partial charge is 0.0936 e.